The van der Waals surface area contributed by atoms with Crippen molar-refractivity contribution >= 4 is 10.2 Å². The van der Waals surface area contributed by atoms with E-state index in [4.69, 9.17) is 0 Å². The summed E-state index contributed by atoms with van der Waals surface area (Å²) in [5, 5.41) is 0. The molecule has 0 nitrogen and oxygen atoms in total. The van der Waals surface area contributed by atoms with Crippen molar-refractivity contribution in [1.82, 2.24) is 0 Å². The zero-order chi connectivity index (χ0) is 15.8. The van der Waals surface area contributed by atoms with Crippen LogP contribution < -0.4 is 0 Å². The molecule has 0 atom stereocenters. The van der Waals surface area contributed by atoms with Gasteiger partial charge < -0.3 is 0 Å². The van der Waals surface area contributed by atoms with Gasteiger partial charge in [-0.05, 0) is 37.0 Å². The fraction of sp³-hybridized carbons (Fsp3) is 0.273. The van der Waals surface area contributed by atoms with Gasteiger partial charge >= 0.3 is 10.2 Å². The van der Waals surface area contributed by atoms with Gasteiger partial charge in [-0.25, -0.2) is 4.39 Å². The molecule has 1 aromatic rings. The molecular formula is C11H10F8S. The van der Waals surface area contributed by atoms with E-state index < -0.39 is 51.0 Å². The number of hydrogen-bond acceptors (Lipinski definition) is 0. The smallest absolute Gasteiger partial charge is 0.205 e. The van der Waals surface area contributed by atoms with E-state index in [1.54, 1.807) is 0 Å². The SMILES string of the molecule is Cc1ccc(CCC=C(F)F)c(F)c1S(F)(F)(F)(F)F. The number of allylic oxidation sites excluding steroid dienone is 1. The highest BCUT2D eigenvalue weighted by atomic mass is 32.5. The molecule has 0 saturated heterocycles. The van der Waals surface area contributed by atoms with Gasteiger partial charge in [0.15, 0.2) is 0 Å². The second-order valence-electron chi connectivity index (χ2n) is 4.19. The lowest BCUT2D eigenvalue weighted by Gasteiger charge is -2.41. The van der Waals surface area contributed by atoms with Crippen LogP contribution in [0.5, 0.6) is 0 Å². The summed E-state index contributed by atoms with van der Waals surface area (Å²) < 4.78 is 101. The maximum atomic E-state index is 13.7. The minimum atomic E-state index is -10.2. The standard InChI is InChI=1S/C11H10F8S/c1-7-5-6-8(3-2-4-9(12)13)10(14)11(7)20(15,16,17,18)19/h4-6H,2-3H2,1H3. The van der Waals surface area contributed by atoms with Crippen LogP contribution in [0.15, 0.2) is 29.2 Å². The summed E-state index contributed by atoms with van der Waals surface area (Å²) in [6.45, 7) is 0.710. The highest BCUT2D eigenvalue weighted by Crippen LogP contribution is 3.02. The molecule has 0 aliphatic rings. The summed E-state index contributed by atoms with van der Waals surface area (Å²) in [5.74, 6) is -2.10. The van der Waals surface area contributed by atoms with Crippen LogP contribution in [0.25, 0.3) is 0 Å². The van der Waals surface area contributed by atoms with Gasteiger partial charge in [0.05, 0.1) is 0 Å². The molecule has 116 valence electrons. The first-order chi connectivity index (χ1) is 8.72. The second-order valence-corrected chi connectivity index (χ2v) is 6.53. The number of aryl methyl sites for hydroxylation is 2. The molecule has 0 aliphatic heterocycles. The Kier molecular flexibility index (Phi) is 3.67. The molecule has 0 bridgehead atoms. The van der Waals surface area contributed by atoms with E-state index in [1.807, 2.05) is 0 Å². The van der Waals surface area contributed by atoms with Crippen molar-refractivity contribution in [2.24, 2.45) is 0 Å². The van der Waals surface area contributed by atoms with Crippen molar-refractivity contribution in [2.75, 3.05) is 0 Å². The molecule has 1 rings (SSSR count). The lowest BCUT2D eigenvalue weighted by Crippen LogP contribution is -2.12. The van der Waals surface area contributed by atoms with Crippen LogP contribution in [0.3, 0.4) is 0 Å². The van der Waals surface area contributed by atoms with Gasteiger partial charge in [0.2, 0.25) is 0 Å². The fourth-order valence-electron chi connectivity index (χ4n) is 1.70. The van der Waals surface area contributed by atoms with Gasteiger partial charge in [-0.1, -0.05) is 31.6 Å². The van der Waals surface area contributed by atoms with E-state index in [9.17, 15) is 32.6 Å². The molecule has 0 aromatic heterocycles. The van der Waals surface area contributed by atoms with Crippen LogP contribution in [-0.2, 0) is 6.42 Å². The van der Waals surface area contributed by atoms with E-state index in [1.165, 1.54) is 0 Å². The predicted molar refractivity (Wildman–Crippen MR) is 61.2 cm³/mol. The molecule has 0 radical (unpaired) electrons. The van der Waals surface area contributed by atoms with E-state index in [-0.39, 0.29) is 0 Å². The van der Waals surface area contributed by atoms with Crippen LogP contribution in [-0.4, -0.2) is 0 Å². The van der Waals surface area contributed by atoms with E-state index in [0.29, 0.717) is 19.1 Å². The van der Waals surface area contributed by atoms with Gasteiger partial charge in [0, 0.05) is 0 Å². The molecular weight excluding hydrogens is 316 g/mol. The number of rotatable bonds is 4. The quantitative estimate of drug-likeness (QED) is 0.554. The largest absolute Gasteiger partial charge is 0.313 e. The Morgan fingerprint density at radius 2 is 1.65 bits per heavy atom. The third-order valence-corrected chi connectivity index (χ3v) is 3.74. The Morgan fingerprint density at radius 1 is 1.10 bits per heavy atom. The second kappa shape index (κ2) is 4.37. The van der Waals surface area contributed by atoms with Gasteiger partial charge in [0.25, 0.3) is 6.08 Å². The van der Waals surface area contributed by atoms with Crippen molar-refractivity contribution in [3.8, 4) is 0 Å². The Balaban J connectivity index is 3.33. The van der Waals surface area contributed by atoms with Gasteiger partial charge in [-0.15, -0.1) is 0 Å². The van der Waals surface area contributed by atoms with Crippen molar-refractivity contribution in [3.05, 3.63) is 41.2 Å². The number of benzene rings is 1. The summed E-state index contributed by atoms with van der Waals surface area (Å²) in [5.41, 5.74) is -1.63. The molecule has 9 heteroatoms. The van der Waals surface area contributed by atoms with Crippen LogP contribution in [0, 0.1) is 12.7 Å². The van der Waals surface area contributed by atoms with Gasteiger partial charge in [0.1, 0.15) is 10.7 Å². The molecule has 0 heterocycles. The van der Waals surface area contributed by atoms with Crippen LogP contribution in [0.1, 0.15) is 17.5 Å². The van der Waals surface area contributed by atoms with Gasteiger partial charge in [-0.2, -0.15) is 8.78 Å². The van der Waals surface area contributed by atoms with Crippen LogP contribution in [0.2, 0.25) is 0 Å². The Bertz CT molecular complexity index is 554. The molecule has 0 spiro atoms. The molecule has 0 aliphatic carbocycles. The normalized spacial score (nSPS) is 15.4. The average molecular weight is 326 g/mol. The molecule has 0 unspecified atom stereocenters. The lowest BCUT2D eigenvalue weighted by atomic mass is 10.1. The molecule has 0 saturated carbocycles. The minimum Gasteiger partial charge on any atom is -0.205 e. The lowest BCUT2D eigenvalue weighted by molar-refractivity contribution is 0.353. The van der Waals surface area contributed by atoms with Crippen LogP contribution >= 0.6 is 10.2 Å². The van der Waals surface area contributed by atoms with Crippen molar-refractivity contribution < 1.29 is 32.6 Å². The molecule has 20 heavy (non-hydrogen) atoms. The Labute approximate surface area is 109 Å². The number of halogens is 8. The first-order valence-corrected chi connectivity index (χ1v) is 7.21. The summed E-state index contributed by atoms with van der Waals surface area (Å²) in [7, 11) is -10.2. The fourth-order valence-corrected chi connectivity index (χ4v) is 2.84. The summed E-state index contributed by atoms with van der Waals surface area (Å²) in [6, 6.07) is 1.57. The van der Waals surface area contributed by atoms with Crippen molar-refractivity contribution in [2.45, 2.75) is 24.7 Å². The topological polar surface area (TPSA) is 0 Å². The highest BCUT2D eigenvalue weighted by Gasteiger charge is 2.68. The average Bonchev–Trinajstić information content (AvgIpc) is 2.16. The zero-order valence-corrected chi connectivity index (χ0v) is 10.9. The summed E-state index contributed by atoms with van der Waals surface area (Å²) in [6.07, 6.45) is -2.70. The third kappa shape index (κ3) is 4.12. The highest BCUT2D eigenvalue weighted by molar-refractivity contribution is 8.45. The molecule has 1 aromatic carbocycles. The Morgan fingerprint density at radius 3 is 2.10 bits per heavy atom. The number of hydrogen-bond donors (Lipinski definition) is 0. The first kappa shape index (κ1) is 16.8. The molecule has 0 fully saturated rings. The molecule has 0 amide bonds. The van der Waals surface area contributed by atoms with Crippen LogP contribution in [0.4, 0.5) is 32.6 Å². The molecule has 0 N–H and O–H groups in total. The minimum absolute atomic E-state index is 0.374. The third-order valence-electron chi connectivity index (χ3n) is 2.47. The Hall–Kier alpha value is -1.25. The van der Waals surface area contributed by atoms with Crippen molar-refractivity contribution in [1.29, 1.82) is 0 Å². The summed E-state index contributed by atoms with van der Waals surface area (Å²) >= 11 is 0. The van der Waals surface area contributed by atoms with Gasteiger partial charge in [-0.3, -0.25) is 0 Å². The summed E-state index contributed by atoms with van der Waals surface area (Å²) in [4.78, 5) is -2.58. The maximum absolute atomic E-state index is 13.7. The monoisotopic (exact) mass is 326 g/mol. The maximum Gasteiger partial charge on any atom is 0.313 e. The zero-order valence-electron chi connectivity index (χ0n) is 10.1. The van der Waals surface area contributed by atoms with E-state index in [2.05, 4.69) is 0 Å². The van der Waals surface area contributed by atoms with E-state index >= 15 is 0 Å². The van der Waals surface area contributed by atoms with Crippen molar-refractivity contribution in [3.63, 3.8) is 0 Å². The van der Waals surface area contributed by atoms with E-state index in [0.717, 1.165) is 6.07 Å². The first-order valence-electron chi connectivity index (χ1n) is 5.25. The predicted octanol–water partition coefficient (Wildman–Crippen LogP) is 6.50.